The van der Waals surface area contributed by atoms with Gasteiger partial charge < -0.3 is 4.74 Å². The fourth-order valence-corrected chi connectivity index (χ4v) is 5.18. The summed E-state index contributed by atoms with van der Waals surface area (Å²) in [4.78, 5) is 0. The maximum Gasteiger partial charge on any atom is 0.0603 e. The molecule has 0 amide bonds. The van der Waals surface area contributed by atoms with Gasteiger partial charge in [-0.1, -0.05) is 59.8 Å². The van der Waals surface area contributed by atoms with E-state index in [0.29, 0.717) is 6.10 Å². The zero-order valence-corrected chi connectivity index (χ0v) is 15.7. The van der Waals surface area contributed by atoms with Crippen molar-refractivity contribution in [2.45, 2.75) is 98.0 Å². The standard InChI is InChI=1S/C21H40O/c1-5-7-8-18-9-11-19(12-10-18)20-13-14-21(22-15-6-2)17(4)16(20)3/h16-21H,5-15H2,1-4H3. The second-order valence-electron chi connectivity index (χ2n) is 8.29. The second kappa shape index (κ2) is 9.30. The first-order valence-corrected chi connectivity index (χ1v) is 10.3. The van der Waals surface area contributed by atoms with Crippen LogP contribution in [0.4, 0.5) is 0 Å². The zero-order valence-electron chi connectivity index (χ0n) is 15.7. The maximum absolute atomic E-state index is 6.11. The Bertz CT molecular complexity index is 292. The highest BCUT2D eigenvalue weighted by atomic mass is 16.5. The van der Waals surface area contributed by atoms with E-state index in [4.69, 9.17) is 4.74 Å². The molecule has 0 spiro atoms. The summed E-state index contributed by atoms with van der Waals surface area (Å²) in [7, 11) is 0. The molecule has 2 saturated carbocycles. The molecule has 4 unspecified atom stereocenters. The van der Waals surface area contributed by atoms with Crippen LogP contribution >= 0.6 is 0 Å². The Kier molecular flexibility index (Phi) is 7.74. The smallest absolute Gasteiger partial charge is 0.0603 e. The van der Waals surface area contributed by atoms with Gasteiger partial charge in [-0.15, -0.1) is 0 Å². The molecule has 22 heavy (non-hydrogen) atoms. The van der Waals surface area contributed by atoms with E-state index in [1.165, 1.54) is 57.8 Å². The molecule has 0 aromatic heterocycles. The molecule has 4 atom stereocenters. The molecule has 0 radical (unpaired) electrons. The number of unbranched alkanes of at least 4 members (excludes halogenated alkanes) is 1. The first-order valence-electron chi connectivity index (χ1n) is 10.3. The fraction of sp³-hybridized carbons (Fsp3) is 1.00. The first-order chi connectivity index (χ1) is 10.7. The summed E-state index contributed by atoms with van der Waals surface area (Å²) in [6, 6.07) is 0. The van der Waals surface area contributed by atoms with Gasteiger partial charge in [0.1, 0.15) is 0 Å². The Morgan fingerprint density at radius 1 is 0.818 bits per heavy atom. The van der Waals surface area contributed by atoms with Gasteiger partial charge in [-0.3, -0.25) is 0 Å². The molecule has 2 aliphatic carbocycles. The predicted octanol–water partition coefficient (Wildman–Crippen LogP) is 6.46. The topological polar surface area (TPSA) is 9.23 Å². The van der Waals surface area contributed by atoms with Gasteiger partial charge >= 0.3 is 0 Å². The van der Waals surface area contributed by atoms with E-state index in [-0.39, 0.29) is 0 Å². The Morgan fingerprint density at radius 2 is 1.55 bits per heavy atom. The largest absolute Gasteiger partial charge is 0.378 e. The van der Waals surface area contributed by atoms with Crippen molar-refractivity contribution in [3.63, 3.8) is 0 Å². The summed E-state index contributed by atoms with van der Waals surface area (Å²) >= 11 is 0. The summed E-state index contributed by atoms with van der Waals surface area (Å²) in [5.41, 5.74) is 0. The van der Waals surface area contributed by atoms with E-state index < -0.39 is 0 Å². The third-order valence-corrected chi connectivity index (χ3v) is 6.87. The van der Waals surface area contributed by atoms with E-state index >= 15 is 0 Å². The molecule has 0 saturated heterocycles. The van der Waals surface area contributed by atoms with Gasteiger partial charge in [0.15, 0.2) is 0 Å². The van der Waals surface area contributed by atoms with Crippen LogP contribution in [0.5, 0.6) is 0 Å². The zero-order chi connectivity index (χ0) is 15.9. The Labute approximate surface area is 139 Å². The molecule has 0 aromatic carbocycles. The average Bonchev–Trinajstić information content (AvgIpc) is 2.55. The van der Waals surface area contributed by atoms with Crippen LogP contribution in [0.3, 0.4) is 0 Å². The molecule has 2 aliphatic rings. The Hall–Kier alpha value is -0.0400. The lowest BCUT2D eigenvalue weighted by Crippen LogP contribution is -2.40. The summed E-state index contributed by atoms with van der Waals surface area (Å²) in [6.45, 7) is 10.5. The van der Waals surface area contributed by atoms with Crippen molar-refractivity contribution < 1.29 is 4.74 Å². The lowest BCUT2D eigenvalue weighted by Gasteiger charge is -2.45. The fourth-order valence-electron chi connectivity index (χ4n) is 5.18. The van der Waals surface area contributed by atoms with Crippen molar-refractivity contribution in [3.8, 4) is 0 Å². The van der Waals surface area contributed by atoms with Gasteiger partial charge in [0.05, 0.1) is 6.10 Å². The summed E-state index contributed by atoms with van der Waals surface area (Å²) in [6.07, 6.45) is 14.8. The first kappa shape index (κ1) is 18.3. The number of hydrogen-bond donors (Lipinski definition) is 0. The summed E-state index contributed by atoms with van der Waals surface area (Å²) < 4.78 is 6.11. The van der Waals surface area contributed by atoms with Crippen LogP contribution in [-0.4, -0.2) is 12.7 Å². The molecule has 2 fully saturated rings. The van der Waals surface area contributed by atoms with Gasteiger partial charge in [-0.25, -0.2) is 0 Å². The van der Waals surface area contributed by atoms with Crippen LogP contribution in [-0.2, 0) is 4.74 Å². The second-order valence-corrected chi connectivity index (χ2v) is 8.29. The van der Waals surface area contributed by atoms with Gasteiger partial charge in [0.2, 0.25) is 0 Å². The SMILES string of the molecule is CCCCC1CCC(C2CCC(OCCC)C(C)C2C)CC1. The van der Waals surface area contributed by atoms with Gasteiger partial charge in [0.25, 0.3) is 0 Å². The molecule has 0 bridgehead atoms. The summed E-state index contributed by atoms with van der Waals surface area (Å²) in [5, 5.41) is 0. The van der Waals surface area contributed by atoms with Gasteiger partial charge in [0, 0.05) is 6.61 Å². The van der Waals surface area contributed by atoms with Crippen molar-refractivity contribution in [1.29, 1.82) is 0 Å². The van der Waals surface area contributed by atoms with E-state index in [0.717, 1.165) is 42.6 Å². The number of hydrogen-bond acceptors (Lipinski definition) is 1. The number of rotatable bonds is 7. The highest BCUT2D eigenvalue weighted by molar-refractivity contribution is 4.89. The van der Waals surface area contributed by atoms with Crippen LogP contribution in [0.15, 0.2) is 0 Å². The van der Waals surface area contributed by atoms with Crippen LogP contribution in [0.1, 0.15) is 91.9 Å². The average molecular weight is 309 g/mol. The maximum atomic E-state index is 6.11. The molecule has 130 valence electrons. The molecule has 2 rings (SSSR count). The highest BCUT2D eigenvalue weighted by Gasteiger charge is 2.39. The van der Waals surface area contributed by atoms with Crippen molar-refractivity contribution >= 4 is 0 Å². The van der Waals surface area contributed by atoms with Crippen LogP contribution < -0.4 is 0 Å². The summed E-state index contributed by atoms with van der Waals surface area (Å²) in [5.74, 6) is 4.65. The highest BCUT2D eigenvalue weighted by Crippen LogP contribution is 2.46. The lowest BCUT2D eigenvalue weighted by atomic mass is 9.63. The molecular formula is C21H40O. The van der Waals surface area contributed by atoms with Gasteiger partial charge in [-0.05, 0) is 61.7 Å². The quantitative estimate of drug-likeness (QED) is 0.524. The molecule has 1 nitrogen and oxygen atoms in total. The molecule has 1 heteroatoms. The van der Waals surface area contributed by atoms with E-state index in [2.05, 4.69) is 27.7 Å². The number of ether oxygens (including phenoxy) is 1. The van der Waals surface area contributed by atoms with E-state index in [9.17, 15) is 0 Å². The minimum Gasteiger partial charge on any atom is -0.378 e. The Balaban J connectivity index is 1.79. The molecule has 0 heterocycles. The van der Waals surface area contributed by atoms with E-state index in [1.54, 1.807) is 0 Å². The van der Waals surface area contributed by atoms with Crippen molar-refractivity contribution in [3.05, 3.63) is 0 Å². The molecule has 0 N–H and O–H groups in total. The monoisotopic (exact) mass is 308 g/mol. The lowest BCUT2D eigenvalue weighted by molar-refractivity contribution is -0.0551. The van der Waals surface area contributed by atoms with Crippen LogP contribution in [0.2, 0.25) is 0 Å². The molecule has 0 aliphatic heterocycles. The minimum atomic E-state index is 0.534. The van der Waals surface area contributed by atoms with Crippen LogP contribution in [0, 0.1) is 29.6 Å². The van der Waals surface area contributed by atoms with Crippen molar-refractivity contribution in [2.75, 3.05) is 6.61 Å². The normalized spacial score (nSPS) is 39.8. The minimum absolute atomic E-state index is 0.534. The Morgan fingerprint density at radius 3 is 2.18 bits per heavy atom. The van der Waals surface area contributed by atoms with Gasteiger partial charge in [-0.2, -0.15) is 0 Å². The molecule has 0 aromatic rings. The van der Waals surface area contributed by atoms with Crippen molar-refractivity contribution in [1.82, 2.24) is 0 Å². The predicted molar refractivity (Wildman–Crippen MR) is 96.1 cm³/mol. The van der Waals surface area contributed by atoms with Crippen molar-refractivity contribution in [2.24, 2.45) is 29.6 Å². The van der Waals surface area contributed by atoms with E-state index in [1.807, 2.05) is 0 Å². The third-order valence-electron chi connectivity index (χ3n) is 6.87. The van der Waals surface area contributed by atoms with Crippen LogP contribution in [0.25, 0.3) is 0 Å². The molecular weight excluding hydrogens is 268 g/mol. The third kappa shape index (κ3) is 4.73.